The Morgan fingerprint density at radius 3 is 2.80 bits per heavy atom. The highest BCUT2D eigenvalue weighted by Crippen LogP contribution is 2.29. The lowest BCUT2D eigenvalue weighted by atomic mass is 10.1. The number of nitrogens with zero attached hydrogens (tertiary/aromatic N) is 1. The van der Waals surface area contributed by atoms with Crippen molar-refractivity contribution in [2.45, 2.75) is 6.42 Å². The Morgan fingerprint density at radius 1 is 1.67 bits per heavy atom. The third-order valence-electron chi connectivity index (χ3n) is 1.86. The summed E-state index contributed by atoms with van der Waals surface area (Å²) >= 11 is 3.20. The van der Waals surface area contributed by atoms with E-state index in [1.165, 1.54) is 7.11 Å². The molecule has 0 aromatic heterocycles. The predicted molar refractivity (Wildman–Crippen MR) is 56.7 cm³/mol. The van der Waals surface area contributed by atoms with Crippen LogP contribution in [0.3, 0.4) is 0 Å². The zero-order chi connectivity index (χ0) is 11.4. The van der Waals surface area contributed by atoms with Crippen LogP contribution in [0, 0.1) is 11.3 Å². The van der Waals surface area contributed by atoms with Gasteiger partial charge in [0, 0.05) is 4.47 Å². The van der Waals surface area contributed by atoms with Crippen molar-refractivity contribution in [3.05, 3.63) is 27.7 Å². The van der Waals surface area contributed by atoms with Gasteiger partial charge in [0.05, 0.1) is 13.5 Å². The SMILES string of the molecule is COc1ccc(CC(=O)O)c(Br)c1C#N. The molecule has 1 aromatic rings. The normalized spacial score (nSPS) is 9.40. The fourth-order valence-electron chi connectivity index (χ4n) is 1.18. The van der Waals surface area contributed by atoms with E-state index < -0.39 is 5.97 Å². The van der Waals surface area contributed by atoms with E-state index in [1.54, 1.807) is 12.1 Å². The average Bonchev–Trinajstić information content (AvgIpc) is 2.20. The monoisotopic (exact) mass is 269 g/mol. The van der Waals surface area contributed by atoms with Crippen molar-refractivity contribution >= 4 is 21.9 Å². The summed E-state index contributed by atoms with van der Waals surface area (Å²) in [7, 11) is 1.46. The molecule has 0 saturated heterocycles. The zero-order valence-electron chi connectivity index (χ0n) is 7.95. The van der Waals surface area contributed by atoms with Crippen molar-refractivity contribution in [3.8, 4) is 11.8 Å². The van der Waals surface area contributed by atoms with E-state index in [4.69, 9.17) is 15.1 Å². The molecule has 5 heteroatoms. The molecular weight excluding hydrogens is 262 g/mol. The number of carboxylic acid groups (broad SMARTS) is 1. The molecule has 0 unspecified atom stereocenters. The Bertz CT molecular complexity index is 437. The van der Waals surface area contributed by atoms with Crippen LogP contribution in [-0.4, -0.2) is 18.2 Å². The molecule has 15 heavy (non-hydrogen) atoms. The van der Waals surface area contributed by atoms with Crippen molar-refractivity contribution in [3.63, 3.8) is 0 Å². The van der Waals surface area contributed by atoms with Crippen LogP contribution >= 0.6 is 15.9 Å². The van der Waals surface area contributed by atoms with E-state index in [-0.39, 0.29) is 6.42 Å². The van der Waals surface area contributed by atoms with E-state index in [0.717, 1.165) is 0 Å². The lowest BCUT2D eigenvalue weighted by Crippen LogP contribution is -2.02. The molecule has 0 atom stereocenters. The number of aliphatic carboxylic acids is 1. The molecule has 1 aromatic carbocycles. The number of hydrogen-bond acceptors (Lipinski definition) is 3. The van der Waals surface area contributed by atoms with Gasteiger partial charge >= 0.3 is 5.97 Å². The molecule has 0 amide bonds. The van der Waals surface area contributed by atoms with E-state index in [2.05, 4.69) is 15.9 Å². The third kappa shape index (κ3) is 2.48. The summed E-state index contributed by atoms with van der Waals surface area (Å²) in [5, 5.41) is 17.5. The largest absolute Gasteiger partial charge is 0.495 e. The van der Waals surface area contributed by atoms with Crippen LogP contribution in [0.25, 0.3) is 0 Å². The summed E-state index contributed by atoms with van der Waals surface area (Å²) in [5.41, 5.74) is 0.871. The Hall–Kier alpha value is -1.54. The molecule has 4 nitrogen and oxygen atoms in total. The number of methoxy groups -OCH3 is 1. The first kappa shape index (κ1) is 11.5. The van der Waals surface area contributed by atoms with Crippen LogP contribution in [0.15, 0.2) is 16.6 Å². The fraction of sp³-hybridized carbons (Fsp3) is 0.200. The molecule has 0 bridgehead atoms. The molecule has 0 spiro atoms. The maximum atomic E-state index is 10.5. The summed E-state index contributed by atoms with van der Waals surface area (Å²) in [5.74, 6) is -0.511. The number of hydrogen-bond donors (Lipinski definition) is 1. The fourth-order valence-corrected chi connectivity index (χ4v) is 1.73. The number of benzene rings is 1. The standard InChI is InChI=1S/C10H8BrNO3/c1-15-8-3-2-6(4-9(13)14)10(11)7(8)5-12/h2-3H,4H2,1H3,(H,13,14). The van der Waals surface area contributed by atoms with E-state index in [0.29, 0.717) is 21.3 Å². The van der Waals surface area contributed by atoms with Gasteiger partial charge in [-0.15, -0.1) is 0 Å². The second-order valence-corrected chi connectivity index (χ2v) is 3.59. The van der Waals surface area contributed by atoms with E-state index in [9.17, 15) is 4.79 Å². The van der Waals surface area contributed by atoms with Crippen LogP contribution < -0.4 is 4.74 Å². The van der Waals surface area contributed by atoms with Gasteiger partial charge in [0.1, 0.15) is 17.4 Å². The lowest BCUT2D eigenvalue weighted by molar-refractivity contribution is -0.136. The average molecular weight is 270 g/mol. The molecule has 1 rings (SSSR count). The first-order valence-electron chi connectivity index (χ1n) is 4.07. The van der Waals surface area contributed by atoms with Gasteiger partial charge in [0.2, 0.25) is 0 Å². The van der Waals surface area contributed by atoms with Crippen molar-refractivity contribution < 1.29 is 14.6 Å². The summed E-state index contributed by atoms with van der Waals surface area (Å²) in [6.07, 6.45) is -0.126. The Labute approximate surface area is 95.2 Å². The van der Waals surface area contributed by atoms with Crippen LogP contribution in [0.4, 0.5) is 0 Å². The Kier molecular flexibility index (Phi) is 3.69. The first-order valence-corrected chi connectivity index (χ1v) is 4.86. The number of halogens is 1. The van der Waals surface area contributed by atoms with Gasteiger partial charge < -0.3 is 9.84 Å². The number of rotatable bonds is 3. The zero-order valence-corrected chi connectivity index (χ0v) is 9.54. The van der Waals surface area contributed by atoms with Crippen LogP contribution in [0.2, 0.25) is 0 Å². The molecule has 0 aliphatic carbocycles. The number of ether oxygens (including phenoxy) is 1. The van der Waals surface area contributed by atoms with Crippen molar-refractivity contribution in [1.82, 2.24) is 0 Å². The lowest BCUT2D eigenvalue weighted by Gasteiger charge is -2.07. The maximum absolute atomic E-state index is 10.5. The van der Waals surface area contributed by atoms with Gasteiger partial charge in [0.15, 0.2) is 0 Å². The molecular formula is C10H8BrNO3. The number of carboxylic acids is 1. The minimum atomic E-state index is -0.940. The van der Waals surface area contributed by atoms with Crippen molar-refractivity contribution in [2.75, 3.05) is 7.11 Å². The van der Waals surface area contributed by atoms with Crippen LogP contribution in [0.1, 0.15) is 11.1 Å². The molecule has 0 aliphatic heterocycles. The third-order valence-corrected chi connectivity index (χ3v) is 2.76. The molecule has 0 fully saturated rings. The molecule has 0 aliphatic rings. The van der Waals surface area contributed by atoms with E-state index in [1.807, 2.05) is 6.07 Å². The molecule has 78 valence electrons. The minimum Gasteiger partial charge on any atom is -0.495 e. The highest BCUT2D eigenvalue weighted by Gasteiger charge is 2.13. The second-order valence-electron chi connectivity index (χ2n) is 2.80. The number of carbonyl (C=O) groups is 1. The molecule has 1 N–H and O–H groups in total. The highest BCUT2D eigenvalue weighted by atomic mass is 79.9. The van der Waals surface area contributed by atoms with Crippen molar-refractivity contribution in [2.24, 2.45) is 0 Å². The molecule has 0 radical (unpaired) electrons. The Morgan fingerprint density at radius 2 is 2.33 bits per heavy atom. The number of nitriles is 1. The summed E-state index contributed by atoms with van der Waals surface area (Å²) in [6, 6.07) is 5.17. The van der Waals surface area contributed by atoms with Crippen LogP contribution in [0.5, 0.6) is 5.75 Å². The molecule has 0 saturated carbocycles. The van der Waals surface area contributed by atoms with Crippen LogP contribution in [-0.2, 0) is 11.2 Å². The summed E-state index contributed by atoms with van der Waals surface area (Å²) in [4.78, 5) is 10.5. The van der Waals surface area contributed by atoms with Gasteiger partial charge in [-0.05, 0) is 27.6 Å². The van der Waals surface area contributed by atoms with E-state index >= 15 is 0 Å². The summed E-state index contributed by atoms with van der Waals surface area (Å²) in [6.45, 7) is 0. The summed E-state index contributed by atoms with van der Waals surface area (Å²) < 4.78 is 5.46. The highest BCUT2D eigenvalue weighted by molar-refractivity contribution is 9.10. The second kappa shape index (κ2) is 4.80. The van der Waals surface area contributed by atoms with Gasteiger partial charge in [0.25, 0.3) is 0 Å². The van der Waals surface area contributed by atoms with Crippen molar-refractivity contribution in [1.29, 1.82) is 5.26 Å². The van der Waals surface area contributed by atoms with Gasteiger partial charge in [-0.3, -0.25) is 4.79 Å². The Balaban J connectivity index is 3.24. The maximum Gasteiger partial charge on any atom is 0.307 e. The smallest absolute Gasteiger partial charge is 0.307 e. The predicted octanol–water partition coefficient (Wildman–Crippen LogP) is 1.96. The minimum absolute atomic E-state index is 0.126. The quantitative estimate of drug-likeness (QED) is 0.911. The first-order chi connectivity index (χ1) is 7.10. The van der Waals surface area contributed by atoms with Gasteiger partial charge in [-0.1, -0.05) is 6.07 Å². The van der Waals surface area contributed by atoms with Gasteiger partial charge in [-0.25, -0.2) is 0 Å². The topological polar surface area (TPSA) is 70.3 Å². The molecule has 0 heterocycles. The van der Waals surface area contributed by atoms with Gasteiger partial charge in [-0.2, -0.15) is 5.26 Å².